The lowest BCUT2D eigenvalue weighted by atomic mass is 10.0. The van der Waals surface area contributed by atoms with Crippen molar-refractivity contribution in [3.8, 4) is 0 Å². The van der Waals surface area contributed by atoms with Crippen molar-refractivity contribution in [1.29, 1.82) is 0 Å². The van der Waals surface area contributed by atoms with E-state index in [-0.39, 0.29) is 23.2 Å². The van der Waals surface area contributed by atoms with Gasteiger partial charge in [-0.2, -0.15) is 0 Å². The molecule has 1 atom stereocenters. The summed E-state index contributed by atoms with van der Waals surface area (Å²) in [7, 11) is 0. The highest BCUT2D eigenvalue weighted by Crippen LogP contribution is 2.30. The summed E-state index contributed by atoms with van der Waals surface area (Å²) in [5.41, 5.74) is -0.733. The van der Waals surface area contributed by atoms with Gasteiger partial charge in [-0.3, -0.25) is 25.0 Å². The molecule has 25 heavy (non-hydrogen) atoms. The Morgan fingerprint density at radius 3 is 2.36 bits per heavy atom. The van der Waals surface area contributed by atoms with E-state index in [1.165, 1.54) is 12.1 Å². The van der Waals surface area contributed by atoms with Gasteiger partial charge in [0.05, 0.1) is 29.1 Å². The largest absolute Gasteiger partial charge is 0.378 e. The van der Waals surface area contributed by atoms with Crippen LogP contribution in [0.4, 0.5) is 17.1 Å². The Balaban J connectivity index is 2.28. The number of morpholine rings is 1. The molecule has 0 spiro atoms. The molecule has 1 N–H and O–H groups in total. The Hall–Kier alpha value is -2.75. The van der Waals surface area contributed by atoms with Gasteiger partial charge in [-0.25, -0.2) is 0 Å². The van der Waals surface area contributed by atoms with Crippen LogP contribution in [0, 0.1) is 26.1 Å². The number of hydrogen-bond acceptors (Lipinski definition) is 7. The van der Waals surface area contributed by atoms with Gasteiger partial charge in [0.15, 0.2) is 0 Å². The molecule has 0 bridgehead atoms. The van der Waals surface area contributed by atoms with E-state index in [4.69, 9.17) is 4.74 Å². The molecule has 0 radical (unpaired) electrons. The van der Waals surface area contributed by atoms with Gasteiger partial charge in [-0.05, 0) is 12.0 Å². The zero-order valence-corrected chi connectivity index (χ0v) is 14.0. The van der Waals surface area contributed by atoms with Gasteiger partial charge in [0, 0.05) is 19.2 Å². The molecule has 10 heteroatoms. The number of non-ortho nitro benzene ring substituents is 1. The van der Waals surface area contributed by atoms with Crippen LogP contribution < -0.4 is 5.32 Å². The van der Waals surface area contributed by atoms with Crippen LogP contribution in [0.2, 0.25) is 0 Å². The van der Waals surface area contributed by atoms with E-state index >= 15 is 0 Å². The zero-order chi connectivity index (χ0) is 18.6. The lowest BCUT2D eigenvalue weighted by molar-refractivity contribution is -0.393. The number of nitrogens with one attached hydrogen (secondary N) is 1. The molecule has 1 unspecified atom stereocenters. The van der Waals surface area contributed by atoms with Gasteiger partial charge in [0.2, 0.25) is 5.91 Å². The third-order valence-corrected chi connectivity index (χ3v) is 3.96. The Morgan fingerprint density at radius 2 is 1.84 bits per heavy atom. The number of benzene rings is 1. The first-order valence-electron chi connectivity index (χ1n) is 7.87. The first-order chi connectivity index (χ1) is 11.8. The molecule has 1 aliphatic heterocycles. The van der Waals surface area contributed by atoms with E-state index in [1.54, 1.807) is 4.90 Å². The fourth-order valence-electron chi connectivity index (χ4n) is 2.57. The van der Waals surface area contributed by atoms with Gasteiger partial charge >= 0.3 is 0 Å². The molecule has 1 fully saturated rings. The van der Waals surface area contributed by atoms with Gasteiger partial charge < -0.3 is 15.0 Å². The number of nitro benzene ring substituents is 2. The monoisotopic (exact) mass is 352 g/mol. The number of anilines is 1. The van der Waals surface area contributed by atoms with Crippen LogP contribution in [0.5, 0.6) is 0 Å². The van der Waals surface area contributed by atoms with E-state index in [0.29, 0.717) is 26.3 Å². The first kappa shape index (κ1) is 18.6. The van der Waals surface area contributed by atoms with Crippen molar-refractivity contribution >= 4 is 23.0 Å². The van der Waals surface area contributed by atoms with Crippen LogP contribution in [-0.4, -0.2) is 53.0 Å². The number of nitrogens with zero attached hydrogens (tertiary/aromatic N) is 3. The molecule has 0 aromatic heterocycles. The third kappa shape index (κ3) is 4.41. The fourth-order valence-corrected chi connectivity index (χ4v) is 2.57. The number of carbonyl (C=O) groups excluding carboxylic acids is 1. The molecule has 1 aromatic rings. The summed E-state index contributed by atoms with van der Waals surface area (Å²) in [5, 5.41) is 25.0. The van der Waals surface area contributed by atoms with E-state index in [0.717, 1.165) is 6.07 Å². The van der Waals surface area contributed by atoms with E-state index in [2.05, 4.69) is 5.32 Å². The Kier molecular flexibility index (Phi) is 5.86. The number of hydrogen-bond donors (Lipinski definition) is 1. The maximum atomic E-state index is 12.7. The summed E-state index contributed by atoms with van der Waals surface area (Å²) in [4.78, 5) is 35.1. The summed E-state index contributed by atoms with van der Waals surface area (Å²) in [5.74, 6) is -0.309. The number of nitro groups is 2. The molecular weight excluding hydrogens is 332 g/mol. The van der Waals surface area contributed by atoms with Gasteiger partial charge in [0.1, 0.15) is 11.7 Å². The van der Waals surface area contributed by atoms with Crippen molar-refractivity contribution in [2.45, 2.75) is 19.9 Å². The predicted octanol–water partition coefficient (Wildman–Crippen LogP) is 1.80. The molecule has 1 aromatic carbocycles. The van der Waals surface area contributed by atoms with Crippen LogP contribution in [-0.2, 0) is 9.53 Å². The molecule has 136 valence electrons. The smallest absolute Gasteiger partial charge is 0.299 e. The highest BCUT2D eigenvalue weighted by atomic mass is 16.6. The van der Waals surface area contributed by atoms with E-state index < -0.39 is 21.6 Å². The molecule has 2 rings (SSSR count). The maximum absolute atomic E-state index is 12.7. The first-order valence-corrected chi connectivity index (χ1v) is 7.87. The minimum absolute atomic E-state index is 0.0795. The lowest BCUT2D eigenvalue weighted by Gasteiger charge is -2.32. The third-order valence-electron chi connectivity index (χ3n) is 3.96. The Morgan fingerprint density at radius 1 is 1.20 bits per heavy atom. The summed E-state index contributed by atoms with van der Waals surface area (Å²) >= 11 is 0. The molecule has 1 saturated heterocycles. The zero-order valence-electron chi connectivity index (χ0n) is 14.0. The molecule has 1 heterocycles. The van der Waals surface area contributed by atoms with Crippen LogP contribution in [0.3, 0.4) is 0 Å². The lowest BCUT2D eigenvalue weighted by Crippen LogP contribution is -2.49. The number of carbonyl (C=O) groups is 1. The topological polar surface area (TPSA) is 128 Å². The summed E-state index contributed by atoms with van der Waals surface area (Å²) in [6, 6.07) is 2.64. The molecular formula is C15H20N4O6. The van der Waals surface area contributed by atoms with Crippen LogP contribution in [0.25, 0.3) is 0 Å². The Bertz CT molecular complexity index is 672. The van der Waals surface area contributed by atoms with Crippen molar-refractivity contribution in [2.75, 3.05) is 31.6 Å². The minimum Gasteiger partial charge on any atom is -0.378 e. The van der Waals surface area contributed by atoms with E-state index in [9.17, 15) is 25.0 Å². The normalized spacial score (nSPS) is 15.7. The van der Waals surface area contributed by atoms with Gasteiger partial charge in [-0.1, -0.05) is 13.8 Å². The average Bonchev–Trinajstić information content (AvgIpc) is 2.59. The van der Waals surface area contributed by atoms with Crippen molar-refractivity contribution in [2.24, 2.45) is 5.92 Å². The highest BCUT2D eigenvalue weighted by Gasteiger charge is 2.30. The number of amides is 1. The second kappa shape index (κ2) is 7.88. The minimum atomic E-state index is -0.702. The second-order valence-electron chi connectivity index (χ2n) is 6.02. The molecule has 10 nitrogen and oxygen atoms in total. The second-order valence-corrected chi connectivity index (χ2v) is 6.02. The number of rotatable bonds is 6. The number of ether oxygens (including phenoxy) is 1. The van der Waals surface area contributed by atoms with Crippen LogP contribution >= 0.6 is 0 Å². The van der Waals surface area contributed by atoms with Crippen molar-refractivity contribution < 1.29 is 19.4 Å². The maximum Gasteiger partial charge on any atom is 0.299 e. The summed E-state index contributed by atoms with van der Waals surface area (Å²) in [6.07, 6.45) is 0. The Labute approximate surface area is 144 Å². The van der Waals surface area contributed by atoms with Crippen LogP contribution in [0.15, 0.2) is 18.2 Å². The highest BCUT2D eigenvalue weighted by molar-refractivity contribution is 5.86. The molecule has 0 aliphatic carbocycles. The summed E-state index contributed by atoms with van der Waals surface area (Å²) in [6.45, 7) is 5.49. The average molecular weight is 352 g/mol. The molecule has 1 amide bonds. The van der Waals surface area contributed by atoms with E-state index in [1.807, 2.05) is 13.8 Å². The summed E-state index contributed by atoms with van der Waals surface area (Å²) < 4.78 is 5.23. The van der Waals surface area contributed by atoms with Gasteiger partial charge in [-0.15, -0.1) is 0 Å². The molecule has 0 saturated carbocycles. The standard InChI is InChI=1S/C15H20N4O6/c1-10(2)14(15(20)17-5-7-25-8-6-17)16-12-4-3-11(18(21)22)9-13(12)19(23)24/h3-4,9-10,14,16H,5-8H2,1-2H3. The SMILES string of the molecule is CC(C)C(Nc1ccc([N+](=O)[O-])cc1[N+](=O)[O-])C(=O)N1CCOCC1. The molecule has 1 aliphatic rings. The van der Waals surface area contributed by atoms with Crippen molar-refractivity contribution in [1.82, 2.24) is 4.90 Å². The quantitative estimate of drug-likeness (QED) is 0.610. The van der Waals surface area contributed by atoms with Crippen molar-refractivity contribution in [3.63, 3.8) is 0 Å². The fraction of sp³-hybridized carbons (Fsp3) is 0.533. The van der Waals surface area contributed by atoms with Crippen LogP contribution in [0.1, 0.15) is 13.8 Å². The van der Waals surface area contributed by atoms with Crippen molar-refractivity contribution in [3.05, 3.63) is 38.4 Å². The predicted molar refractivity (Wildman–Crippen MR) is 89.4 cm³/mol. The van der Waals surface area contributed by atoms with Gasteiger partial charge in [0.25, 0.3) is 11.4 Å².